The number of imidazole rings is 1. The van der Waals surface area contributed by atoms with Gasteiger partial charge in [-0.2, -0.15) is 0 Å². The smallest absolute Gasteiger partial charge is 0.255 e. The number of phenolic OH excluding ortho intramolecular Hbond substituents is 1. The van der Waals surface area contributed by atoms with Crippen molar-refractivity contribution in [3.8, 4) is 34.1 Å². The number of amides is 1. The number of anilines is 1. The van der Waals surface area contributed by atoms with E-state index < -0.39 is 0 Å². The molecular formula is C35H39N7O3. The number of aromatic nitrogens is 3. The second-order valence-corrected chi connectivity index (χ2v) is 11.7. The largest absolute Gasteiger partial charge is 0.507 e. The number of aromatic amines is 1. The molecule has 1 saturated heterocycles. The highest BCUT2D eigenvalue weighted by molar-refractivity contribution is 6.06. The van der Waals surface area contributed by atoms with Gasteiger partial charge in [0.15, 0.2) is 0 Å². The Morgan fingerprint density at radius 1 is 0.956 bits per heavy atom. The Bertz CT molecular complexity index is 1780. The third kappa shape index (κ3) is 6.99. The number of rotatable bonds is 10. The van der Waals surface area contributed by atoms with E-state index in [2.05, 4.69) is 61.2 Å². The third-order valence-corrected chi connectivity index (χ3v) is 8.24. The Hall–Kier alpha value is -4.77. The summed E-state index contributed by atoms with van der Waals surface area (Å²) in [5.41, 5.74) is 5.66. The van der Waals surface area contributed by atoms with Crippen molar-refractivity contribution < 1.29 is 14.6 Å². The minimum Gasteiger partial charge on any atom is -0.507 e. The normalized spacial score (nSPS) is 14.2. The van der Waals surface area contributed by atoms with Gasteiger partial charge in [-0.1, -0.05) is 24.3 Å². The number of fused-ring (bicyclic) bond motifs is 1. The number of benzene rings is 3. The second-order valence-electron chi connectivity index (χ2n) is 11.7. The van der Waals surface area contributed by atoms with Crippen molar-refractivity contribution in [2.45, 2.75) is 6.54 Å². The number of ether oxygens (including phenoxy) is 1. The third-order valence-electron chi connectivity index (χ3n) is 8.24. The minimum absolute atomic E-state index is 0.0616. The van der Waals surface area contributed by atoms with Crippen molar-refractivity contribution >= 4 is 22.6 Å². The number of pyridine rings is 1. The summed E-state index contributed by atoms with van der Waals surface area (Å²) in [5, 5.41) is 14.2. The molecule has 3 heterocycles. The lowest BCUT2D eigenvalue weighted by atomic mass is 10.0. The molecule has 0 bridgehead atoms. The average Bonchev–Trinajstić information content (AvgIpc) is 3.49. The number of carbonyl (C=O) groups is 1. The molecule has 0 aliphatic carbocycles. The zero-order chi connectivity index (χ0) is 31.3. The number of carbonyl (C=O) groups excluding carboxylic acids is 1. The number of para-hydroxylation sites is 1. The number of hydrogen-bond acceptors (Lipinski definition) is 8. The lowest BCUT2D eigenvalue weighted by Gasteiger charge is -2.35. The van der Waals surface area contributed by atoms with Crippen LogP contribution < -0.4 is 10.1 Å². The first-order chi connectivity index (χ1) is 21.9. The number of likely N-dealkylation sites (N-methyl/N-ethyl adjacent to an activating group) is 1. The standard InChI is InChI=1S/C35H39N7O3/c1-40(2)16-17-41-18-20-42(21-19-41)23-24-9-12-26(13-10-24)37-34(44)25-11-14-30-31(22-25)39-33(38-30)29-7-4-6-27(32(29)43)28-8-5-15-36-35(28)45-3/h4-15,22,43H,16-21,23H2,1-3H3,(H,37,44)(H,38,39). The van der Waals surface area contributed by atoms with Crippen molar-refractivity contribution in [2.24, 2.45) is 0 Å². The molecule has 0 radical (unpaired) electrons. The predicted octanol–water partition coefficient (Wildman–Crippen LogP) is 4.94. The molecule has 0 unspecified atom stereocenters. The molecule has 0 saturated carbocycles. The number of H-pyrrole nitrogens is 1. The van der Waals surface area contributed by atoms with Crippen LogP contribution in [0.25, 0.3) is 33.5 Å². The fourth-order valence-electron chi connectivity index (χ4n) is 5.66. The van der Waals surface area contributed by atoms with Gasteiger partial charge in [-0.05, 0) is 68.2 Å². The van der Waals surface area contributed by atoms with Crippen LogP contribution in [0.5, 0.6) is 11.6 Å². The number of phenols is 1. The lowest BCUT2D eigenvalue weighted by molar-refractivity contribution is 0.102. The van der Waals surface area contributed by atoms with Crippen LogP contribution in [0.3, 0.4) is 0 Å². The monoisotopic (exact) mass is 605 g/mol. The molecule has 0 spiro atoms. The van der Waals surface area contributed by atoms with Gasteiger partial charge >= 0.3 is 0 Å². The molecule has 6 rings (SSSR count). The first kappa shape index (κ1) is 30.3. The highest BCUT2D eigenvalue weighted by Gasteiger charge is 2.19. The summed E-state index contributed by atoms with van der Waals surface area (Å²) >= 11 is 0. The van der Waals surface area contributed by atoms with Gasteiger partial charge in [0.2, 0.25) is 5.88 Å². The molecule has 10 nitrogen and oxygen atoms in total. The zero-order valence-corrected chi connectivity index (χ0v) is 26.0. The van der Waals surface area contributed by atoms with Gasteiger partial charge in [-0.25, -0.2) is 9.97 Å². The van der Waals surface area contributed by atoms with Crippen LogP contribution in [0.2, 0.25) is 0 Å². The Kier molecular flexibility index (Phi) is 9.06. The number of nitrogens with one attached hydrogen (secondary N) is 2. The van der Waals surface area contributed by atoms with Crippen LogP contribution in [0, 0.1) is 0 Å². The zero-order valence-electron chi connectivity index (χ0n) is 26.0. The summed E-state index contributed by atoms with van der Waals surface area (Å²) in [6.45, 7) is 7.43. The fourth-order valence-corrected chi connectivity index (χ4v) is 5.66. The Balaban J connectivity index is 1.10. The molecule has 3 aromatic carbocycles. The van der Waals surface area contributed by atoms with E-state index in [9.17, 15) is 9.90 Å². The van der Waals surface area contributed by atoms with Gasteiger partial charge in [0.25, 0.3) is 5.91 Å². The minimum atomic E-state index is -0.205. The van der Waals surface area contributed by atoms with Gasteiger partial charge in [-0.3, -0.25) is 14.6 Å². The van der Waals surface area contributed by atoms with E-state index in [1.807, 2.05) is 30.3 Å². The number of aromatic hydroxyl groups is 1. The maximum absolute atomic E-state index is 13.2. The van der Waals surface area contributed by atoms with E-state index in [1.54, 1.807) is 43.6 Å². The van der Waals surface area contributed by atoms with Gasteiger partial charge in [-0.15, -0.1) is 0 Å². The number of nitrogens with zero attached hydrogens (tertiary/aromatic N) is 5. The van der Waals surface area contributed by atoms with Crippen LogP contribution in [0.15, 0.2) is 79.0 Å². The number of methoxy groups -OCH3 is 1. The van der Waals surface area contributed by atoms with E-state index >= 15 is 0 Å². The quantitative estimate of drug-likeness (QED) is 0.206. The number of hydrogen-bond donors (Lipinski definition) is 3. The van der Waals surface area contributed by atoms with E-state index in [4.69, 9.17) is 4.74 Å². The Labute approximate surface area is 263 Å². The Morgan fingerprint density at radius 2 is 1.69 bits per heavy atom. The van der Waals surface area contributed by atoms with Gasteiger partial charge < -0.3 is 25.0 Å². The number of piperazine rings is 1. The van der Waals surface area contributed by atoms with Crippen LogP contribution in [-0.2, 0) is 6.54 Å². The van der Waals surface area contributed by atoms with E-state index in [1.165, 1.54) is 5.56 Å². The van der Waals surface area contributed by atoms with Crippen molar-refractivity contribution in [3.05, 3.63) is 90.1 Å². The maximum Gasteiger partial charge on any atom is 0.255 e. The average molecular weight is 606 g/mol. The van der Waals surface area contributed by atoms with Crippen LogP contribution in [0.4, 0.5) is 5.69 Å². The summed E-state index contributed by atoms with van der Waals surface area (Å²) in [4.78, 5) is 32.6. The van der Waals surface area contributed by atoms with Crippen molar-refractivity contribution in [2.75, 3.05) is 65.8 Å². The van der Waals surface area contributed by atoms with Gasteiger partial charge in [0.05, 0.1) is 23.7 Å². The topological polar surface area (TPSA) is 110 Å². The summed E-state index contributed by atoms with van der Waals surface area (Å²) in [7, 11) is 5.78. The molecule has 1 aliphatic rings. The molecule has 3 N–H and O–H groups in total. The molecule has 2 aromatic heterocycles. The molecule has 45 heavy (non-hydrogen) atoms. The second kappa shape index (κ2) is 13.5. The molecule has 0 atom stereocenters. The highest BCUT2D eigenvalue weighted by atomic mass is 16.5. The summed E-state index contributed by atoms with van der Waals surface area (Å²) in [5.74, 6) is 0.773. The molecule has 232 valence electrons. The van der Waals surface area contributed by atoms with Crippen LogP contribution >= 0.6 is 0 Å². The Morgan fingerprint density at radius 3 is 2.44 bits per heavy atom. The first-order valence-electron chi connectivity index (χ1n) is 15.2. The lowest BCUT2D eigenvalue weighted by Crippen LogP contribution is -2.47. The molecule has 1 amide bonds. The predicted molar refractivity (Wildman–Crippen MR) is 178 cm³/mol. The van der Waals surface area contributed by atoms with E-state index in [-0.39, 0.29) is 11.7 Å². The molecule has 1 fully saturated rings. The fraction of sp³-hybridized carbons (Fsp3) is 0.286. The van der Waals surface area contributed by atoms with Crippen LogP contribution in [-0.4, -0.2) is 101 Å². The van der Waals surface area contributed by atoms with Crippen molar-refractivity contribution in [1.82, 2.24) is 29.7 Å². The summed E-state index contributed by atoms with van der Waals surface area (Å²) in [6.07, 6.45) is 1.64. The van der Waals surface area contributed by atoms with E-state index in [0.29, 0.717) is 45.0 Å². The summed E-state index contributed by atoms with van der Waals surface area (Å²) < 4.78 is 5.39. The molecular weight excluding hydrogens is 566 g/mol. The van der Waals surface area contributed by atoms with Gasteiger partial charge in [0, 0.05) is 74.4 Å². The van der Waals surface area contributed by atoms with Crippen molar-refractivity contribution in [1.29, 1.82) is 0 Å². The molecule has 1 aliphatic heterocycles. The van der Waals surface area contributed by atoms with Gasteiger partial charge in [0.1, 0.15) is 11.6 Å². The van der Waals surface area contributed by atoms with E-state index in [0.717, 1.165) is 51.5 Å². The molecule has 5 aromatic rings. The SMILES string of the molecule is COc1ncccc1-c1cccc(-c2nc3ccc(C(=O)Nc4ccc(CN5CCN(CCN(C)C)CC5)cc4)cc3[nH]2)c1O. The van der Waals surface area contributed by atoms with Crippen LogP contribution in [0.1, 0.15) is 15.9 Å². The highest BCUT2D eigenvalue weighted by Crippen LogP contribution is 2.40. The maximum atomic E-state index is 13.2. The summed E-state index contributed by atoms with van der Waals surface area (Å²) in [6, 6.07) is 22.5. The van der Waals surface area contributed by atoms with Crippen molar-refractivity contribution in [3.63, 3.8) is 0 Å². The molecule has 10 heteroatoms. The first-order valence-corrected chi connectivity index (χ1v) is 15.2.